The summed E-state index contributed by atoms with van der Waals surface area (Å²) < 4.78 is 25.9. The first-order chi connectivity index (χ1) is 40.1. The summed E-state index contributed by atoms with van der Waals surface area (Å²) in [5.41, 5.74) is 16.2. The van der Waals surface area contributed by atoms with Gasteiger partial charge < -0.3 is 20.1 Å². The number of aromatic nitrogens is 6. The average Bonchev–Trinajstić information content (AvgIpc) is 4.45. The number of anilines is 1. The van der Waals surface area contributed by atoms with E-state index >= 15 is 0 Å². The van der Waals surface area contributed by atoms with E-state index in [0.717, 1.165) is 118 Å². The van der Waals surface area contributed by atoms with Crippen LogP contribution in [-0.4, -0.2) is 55.5 Å². The zero-order valence-electron chi connectivity index (χ0n) is 45.1. The van der Waals surface area contributed by atoms with Gasteiger partial charge in [-0.05, 0) is 161 Å². The molecular formula is C68H54Cl3N7O4S. The number of aromatic amines is 3. The van der Waals surface area contributed by atoms with Crippen LogP contribution in [0.3, 0.4) is 0 Å². The van der Waals surface area contributed by atoms with Crippen LogP contribution in [0.5, 0.6) is 0 Å². The largest absolute Gasteiger partial charge is 0.389 e. The van der Waals surface area contributed by atoms with Crippen LogP contribution in [0, 0.1) is 0 Å². The number of hydrogen-bond acceptors (Lipinski definition) is 7. The molecule has 0 aliphatic carbocycles. The maximum atomic E-state index is 11.9. The standard InChI is InChI=1S/C23H19ClN2O.C23H17ClN2O.C22H18ClN3O2S/c2*1-15(27)19-7-2-3-8-20(19)17-10-11-21-22(14-17)26-23(25-21)12-9-16-5-4-6-18(24)13-16;1-29(27,28)26-19-8-3-2-7-18(19)16-10-11-20-21(14-16)25-22(24-20)12-9-15-5-4-6-17(23)13-15/h2-15,27H,1H3,(H,25,26);2-14H,1H3,(H,25,26);2-14,26H,1H3,(H,24,25)/b3*12-9+. The number of fused-ring (bicyclic) bond motifs is 3. The molecule has 11 nitrogen and oxygen atoms in total. The number of imidazole rings is 3. The molecule has 0 amide bonds. The fourth-order valence-corrected chi connectivity index (χ4v) is 10.5. The van der Waals surface area contributed by atoms with Gasteiger partial charge in [0.1, 0.15) is 17.5 Å². The molecular weight excluding hydrogens is 1120 g/mol. The zero-order valence-corrected chi connectivity index (χ0v) is 48.2. The normalized spacial score (nSPS) is 12.0. The van der Waals surface area contributed by atoms with Crippen molar-refractivity contribution in [1.82, 2.24) is 29.9 Å². The number of aliphatic hydroxyl groups excluding tert-OH is 1. The lowest BCUT2D eigenvalue weighted by Crippen LogP contribution is -2.10. The number of rotatable bonds is 13. The van der Waals surface area contributed by atoms with Gasteiger partial charge in [-0.25, -0.2) is 23.4 Å². The van der Waals surface area contributed by atoms with Crippen LogP contribution < -0.4 is 4.72 Å². The van der Waals surface area contributed by atoms with E-state index in [9.17, 15) is 18.3 Å². The Bertz CT molecular complexity index is 4540. The molecule has 1 unspecified atom stereocenters. The average molecular weight is 1170 g/mol. The molecule has 3 aromatic heterocycles. The van der Waals surface area contributed by atoms with Crippen LogP contribution >= 0.6 is 34.8 Å². The number of sulfonamides is 1. The minimum atomic E-state index is -3.37. The van der Waals surface area contributed by atoms with Crippen LogP contribution in [0.25, 0.3) is 103 Å². The first kappa shape index (κ1) is 57.1. The highest BCUT2D eigenvalue weighted by molar-refractivity contribution is 7.92. The van der Waals surface area contributed by atoms with Crippen molar-refractivity contribution in [3.63, 3.8) is 0 Å². The smallest absolute Gasteiger partial charge is 0.229 e. The minimum absolute atomic E-state index is 0.0560. The third-order valence-corrected chi connectivity index (χ3v) is 14.5. The molecule has 12 aromatic rings. The molecule has 0 saturated carbocycles. The Morgan fingerprint density at radius 1 is 0.482 bits per heavy atom. The fourth-order valence-electron chi connectivity index (χ4n) is 9.37. The highest BCUT2D eigenvalue weighted by Gasteiger charge is 2.14. The molecule has 3 heterocycles. The zero-order chi connectivity index (χ0) is 58.0. The molecule has 0 saturated heterocycles. The number of carbonyl (C=O) groups is 1. The third kappa shape index (κ3) is 14.9. The number of para-hydroxylation sites is 1. The first-order valence-electron chi connectivity index (χ1n) is 26.3. The van der Waals surface area contributed by atoms with Gasteiger partial charge in [0.25, 0.3) is 0 Å². The molecule has 1 atom stereocenters. The Balaban J connectivity index is 0.000000139. The van der Waals surface area contributed by atoms with Gasteiger partial charge in [-0.2, -0.15) is 0 Å². The summed E-state index contributed by atoms with van der Waals surface area (Å²) in [4.78, 5) is 35.7. The summed E-state index contributed by atoms with van der Waals surface area (Å²) in [7, 11) is -3.37. The molecule has 0 spiro atoms. The number of nitrogens with one attached hydrogen (secondary N) is 4. The number of Topliss-reactive ketones (excluding diaryl/α,β-unsaturated/α-hetero) is 1. The first-order valence-corrected chi connectivity index (χ1v) is 29.4. The number of nitrogens with zero attached hydrogens (tertiary/aromatic N) is 3. The van der Waals surface area contributed by atoms with Gasteiger partial charge in [-0.1, -0.05) is 174 Å². The molecule has 0 aliphatic rings. The quantitative estimate of drug-likeness (QED) is 0.0716. The molecule has 12 rings (SSSR count). The summed E-state index contributed by atoms with van der Waals surface area (Å²) in [5, 5.41) is 12.1. The van der Waals surface area contributed by atoms with Gasteiger partial charge in [0.2, 0.25) is 10.0 Å². The topological polar surface area (TPSA) is 170 Å². The predicted molar refractivity (Wildman–Crippen MR) is 345 cm³/mol. The second kappa shape index (κ2) is 25.8. The van der Waals surface area contributed by atoms with Gasteiger partial charge in [0.15, 0.2) is 5.78 Å². The van der Waals surface area contributed by atoms with Crippen LogP contribution in [0.4, 0.5) is 5.69 Å². The Hall–Kier alpha value is -9.14. The number of H-pyrrole nitrogens is 3. The van der Waals surface area contributed by atoms with Crippen LogP contribution in [-0.2, 0) is 10.0 Å². The van der Waals surface area contributed by atoms with E-state index < -0.39 is 16.1 Å². The lowest BCUT2D eigenvalue weighted by Gasteiger charge is -2.11. The number of carbonyl (C=O) groups excluding carboxylic acids is 1. The van der Waals surface area contributed by atoms with Crippen molar-refractivity contribution < 1.29 is 18.3 Å². The molecule has 83 heavy (non-hydrogen) atoms. The second-order valence-corrected chi connectivity index (χ2v) is 22.6. The van der Waals surface area contributed by atoms with E-state index in [1.807, 2.05) is 218 Å². The van der Waals surface area contributed by atoms with Crippen LogP contribution in [0.1, 0.15) is 70.0 Å². The number of ketones is 1. The van der Waals surface area contributed by atoms with Crippen molar-refractivity contribution in [1.29, 1.82) is 0 Å². The van der Waals surface area contributed by atoms with Gasteiger partial charge in [0, 0.05) is 26.2 Å². The SMILES string of the molecule is CC(=O)c1ccccc1-c1ccc2nc(/C=C/c3cccc(Cl)c3)[nH]c2c1.CC(O)c1ccccc1-c1ccc2nc(/C=C/c3cccc(Cl)c3)[nH]c2c1.CS(=O)(=O)Nc1ccccc1-c1ccc2nc(/C=C/c3cccc(Cl)c3)[nH]c2c1. The second-order valence-electron chi connectivity index (χ2n) is 19.5. The fraction of sp³-hybridized carbons (Fsp3) is 0.0588. The maximum Gasteiger partial charge on any atom is 0.229 e. The van der Waals surface area contributed by atoms with E-state index in [0.29, 0.717) is 20.8 Å². The van der Waals surface area contributed by atoms with Gasteiger partial charge >= 0.3 is 0 Å². The molecule has 412 valence electrons. The number of halogens is 3. The number of benzene rings is 9. The minimum Gasteiger partial charge on any atom is -0.389 e. The number of aliphatic hydroxyl groups is 1. The van der Waals surface area contributed by atoms with Crippen molar-refractivity contribution in [3.8, 4) is 33.4 Å². The van der Waals surface area contributed by atoms with Crippen molar-refractivity contribution in [2.24, 2.45) is 0 Å². The molecule has 0 radical (unpaired) electrons. The summed E-state index contributed by atoms with van der Waals surface area (Å²) in [6.07, 6.45) is 12.3. The van der Waals surface area contributed by atoms with E-state index in [4.69, 9.17) is 34.8 Å². The van der Waals surface area contributed by atoms with E-state index in [2.05, 4.69) is 40.7 Å². The molecule has 0 aliphatic heterocycles. The lowest BCUT2D eigenvalue weighted by atomic mass is 9.96. The molecule has 0 fully saturated rings. The Kier molecular flexibility index (Phi) is 17.7. The summed E-state index contributed by atoms with van der Waals surface area (Å²) in [6.45, 7) is 3.37. The Labute approximate surface area is 495 Å². The lowest BCUT2D eigenvalue weighted by molar-refractivity contribution is 0.101. The van der Waals surface area contributed by atoms with Crippen molar-refractivity contribution >= 4 is 126 Å². The molecule has 9 aromatic carbocycles. The van der Waals surface area contributed by atoms with Crippen molar-refractivity contribution in [3.05, 3.63) is 261 Å². The number of hydrogen-bond donors (Lipinski definition) is 5. The highest BCUT2D eigenvalue weighted by Crippen LogP contribution is 2.33. The van der Waals surface area contributed by atoms with Crippen molar-refractivity contribution in [2.75, 3.05) is 11.0 Å². The summed E-state index contributed by atoms with van der Waals surface area (Å²) in [5.74, 6) is 2.33. The third-order valence-electron chi connectivity index (χ3n) is 13.2. The Morgan fingerprint density at radius 2 is 0.867 bits per heavy atom. The predicted octanol–water partition coefficient (Wildman–Crippen LogP) is 17.8. The van der Waals surface area contributed by atoms with E-state index in [-0.39, 0.29) is 5.78 Å². The summed E-state index contributed by atoms with van der Waals surface area (Å²) >= 11 is 18.1. The van der Waals surface area contributed by atoms with Gasteiger partial charge in [0.05, 0.1) is 51.1 Å². The molecule has 15 heteroatoms. The van der Waals surface area contributed by atoms with Gasteiger partial charge in [-0.3, -0.25) is 9.52 Å². The van der Waals surface area contributed by atoms with E-state index in [1.54, 1.807) is 26.0 Å². The van der Waals surface area contributed by atoms with Crippen molar-refractivity contribution in [2.45, 2.75) is 20.0 Å². The maximum absolute atomic E-state index is 11.9. The molecule has 0 bridgehead atoms. The van der Waals surface area contributed by atoms with Crippen LogP contribution in [0.2, 0.25) is 15.1 Å². The van der Waals surface area contributed by atoms with Crippen LogP contribution in [0.15, 0.2) is 200 Å². The Morgan fingerprint density at radius 3 is 1.29 bits per heavy atom. The molecule has 5 N–H and O–H groups in total. The summed E-state index contributed by atoms with van der Waals surface area (Å²) in [6, 6.07) is 63.7. The highest BCUT2D eigenvalue weighted by atomic mass is 35.5. The van der Waals surface area contributed by atoms with E-state index in [1.165, 1.54) is 0 Å². The van der Waals surface area contributed by atoms with Gasteiger partial charge in [-0.15, -0.1) is 0 Å². The monoisotopic (exact) mass is 1170 g/mol.